The average Bonchev–Trinajstić information content (AvgIpc) is 3.25. The second-order valence-corrected chi connectivity index (χ2v) is 8.37. The molecule has 0 fully saturated rings. The molecule has 0 saturated carbocycles. The van der Waals surface area contributed by atoms with Crippen LogP contribution in [-0.2, 0) is 0 Å². The topological polar surface area (TPSA) is 36.1 Å². The van der Waals surface area contributed by atoms with Crippen LogP contribution in [0.25, 0.3) is 22.2 Å². The molecule has 29 heavy (non-hydrogen) atoms. The van der Waals surface area contributed by atoms with Gasteiger partial charge in [0, 0.05) is 33.0 Å². The van der Waals surface area contributed by atoms with E-state index in [9.17, 15) is 4.79 Å². The summed E-state index contributed by atoms with van der Waals surface area (Å²) in [6.45, 7) is 2.86. The van der Waals surface area contributed by atoms with E-state index < -0.39 is 0 Å². The molecule has 4 aromatic rings. The molecule has 0 spiro atoms. The zero-order chi connectivity index (χ0) is 20.0. The number of nitrogens with one attached hydrogen (secondary N) is 1. The highest BCUT2D eigenvalue weighted by molar-refractivity contribution is 9.10. The molecule has 3 aromatic carbocycles. The Kier molecular flexibility index (Phi) is 4.51. The van der Waals surface area contributed by atoms with Gasteiger partial charge in [-0.2, -0.15) is 0 Å². The Balaban J connectivity index is 1.80. The summed E-state index contributed by atoms with van der Waals surface area (Å²) in [4.78, 5) is 18.9. The van der Waals surface area contributed by atoms with Crippen LogP contribution in [0, 0.1) is 0 Å². The van der Waals surface area contributed by atoms with Crippen molar-refractivity contribution in [3.05, 3.63) is 94.0 Å². The Labute approximate surface area is 178 Å². The molecule has 2 heterocycles. The predicted molar refractivity (Wildman–Crippen MR) is 121 cm³/mol. The molecule has 5 rings (SSSR count). The first-order chi connectivity index (χ1) is 14.2. The van der Waals surface area contributed by atoms with Crippen LogP contribution >= 0.6 is 15.9 Å². The molecule has 1 aromatic heterocycles. The molecule has 0 bridgehead atoms. The summed E-state index contributed by atoms with van der Waals surface area (Å²) in [5.74, 6) is 0.125. The minimum atomic E-state index is -0.0894. The molecule has 0 aliphatic carbocycles. The number of halogens is 1. The van der Waals surface area contributed by atoms with Crippen molar-refractivity contribution in [1.82, 2.24) is 9.88 Å². The minimum Gasteiger partial charge on any atom is -0.354 e. The van der Waals surface area contributed by atoms with Crippen LogP contribution in [0.1, 0.15) is 40.9 Å². The minimum absolute atomic E-state index is 0.0894. The number of hydrogen-bond acceptors (Lipinski definition) is 1. The van der Waals surface area contributed by atoms with E-state index >= 15 is 0 Å². The first kappa shape index (κ1) is 18.2. The molecule has 1 aliphatic heterocycles. The Morgan fingerprint density at radius 2 is 1.69 bits per heavy atom. The molecule has 3 nitrogen and oxygen atoms in total. The SMILES string of the molecule is CCCN1C(=O)c2ccccc2[C@@H]1c1c(-c2ccc(Br)cc2)[nH]c2ccccc12. The quantitative estimate of drug-likeness (QED) is 0.380. The van der Waals surface area contributed by atoms with Gasteiger partial charge in [-0.15, -0.1) is 0 Å². The van der Waals surface area contributed by atoms with E-state index in [-0.39, 0.29) is 11.9 Å². The summed E-state index contributed by atoms with van der Waals surface area (Å²) in [6.07, 6.45) is 0.923. The van der Waals surface area contributed by atoms with Crippen LogP contribution < -0.4 is 0 Å². The fourth-order valence-electron chi connectivity index (χ4n) is 4.44. The number of benzene rings is 3. The van der Waals surface area contributed by atoms with Crippen molar-refractivity contribution in [3.8, 4) is 11.3 Å². The largest absolute Gasteiger partial charge is 0.354 e. The first-order valence-corrected chi connectivity index (χ1v) is 10.7. The van der Waals surface area contributed by atoms with Gasteiger partial charge in [-0.25, -0.2) is 0 Å². The van der Waals surface area contributed by atoms with Crippen LogP contribution in [0.4, 0.5) is 0 Å². The van der Waals surface area contributed by atoms with Crippen molar-refractivity contribution < 1.29 is 4.79 Å². The van der Waals surface area contributed by atoms with Gasteiger partial charge in [0.1, 0.15) is 0 Å². The molecule has 4 heteroatoms. The molecule has 144 valence electrons. The van der Waals surface area contributed by atoms with Crippen molar-refractivity contribution in [2.45, 2.75) is 19.4 Å². The Morgan fingerprint density at radius 1 is 0.966 bits per heavy atom. The third-order valence-corrected chi connectivity index (χ3v) is 6.20. The summed E-state index contributed by atoms with van der Waals surface area (Å²) >= 11 is 3.53. The molecular weight excluding hydrogens is 424 g/mol. The van der Waals surface area contributed by atoms with Gasteiger partial charge in [-0.1, -0.05) is 71.4 Å². The van der Waals surface area contributed by atoms with E-state index in [0.717, 1.165) is 45.3 Å². The third kappa shape index (κ3) is 2.90. The molecule has 1 amide bonds. The van der Waals surface area contributed by atoms with Crippen LogP contribution in [0.2, 0.25) is 0 Å². The van der Waals surface area contributed by atoms with E-state index in [0.29, 0.717) is 0 Å². The number of fused-ring (bicyclic) bond motifs is 2. The monoisotopic (exact) mass is 444 g/mol. The summed E-state index contributed by atoms with van der Waals surface area (Å²) < 4.78 is 1.05. The van der Waals surface area contributed by atoms with Crippen molar-refractivity contribution >= 4 is 32.7 Å². The number of aromatic amines is 1. The van der Waals surface area contributed by atoms with Gasteiger partial charge in [0.05, 0.1) is 11.7 Å². The van der Waals surface area contributed by atoms with Crippen LogP contribution in [0.15, 0.2) is 77.3 Å². The smallest absolute Gasteiger partial charge is 0.255 e. The van der Waals surface area contributed by atoms with Crippen molar-refractivity contribution in [2.24, 2.45) is 0 Å². The highest BCUT2D eigenvalue weighted by atomic mass is 79.9. The lowest BCUT2D eigenvalue weighted by Gasteiger charge is -2.26. The number of hydrogen-bond donors (Lipinski definition) is 1. The third-order valence-electron chi connectivity index (χ3n) is 5.68. The van der Waals surface area contributed by atoms with E-state index in [1.807, 2.05) is 29.2 Å². The maximum absolute atomic E-state index is 13.2. The molecule has 1 atom stereocenters. The number of amides is 1. The molecule has 1 aliphatic rings. The summed E-state index contributed by atoms with van der Waals surface area (Å²) in [6, 6.07) is 24.7. The van der Waals surface area contributed by atoms with E-state index in [1.165, 1.54) is 10.9 Å². The lowest BCUT2D eigenvalue weighted by molar-refractivity contribution is 0.0751. The van der Waals surface area contributed by atoms with Crippen LogP contribution in [0.3, 0.4) is 0 Å². The Morgan fingerprint density at radius 3 is 2.48 bits per heavy atom. The maximum Gasteiger partial charge on any atom is 0.255 e. The summed E-state index contributed by atoms with van der Waals surface area (Å²) in [5.41, 5.74) is 6.37. The summed E-state index contributed by atoms with van der Waals surface area (Å²) in [7, 11) is 0. The van der Waals surface area contributed by atoms with Gasteiger partial charge >= 0.3 is 0 Å². The standard InChI is InChI=1S/C25H21BrN2O/c1-2-15-28-24(18-7-3-4-8-19(18)25(28)29)22-20-9-5-6-10-21(20)27-23(22)16-11-13-17(26)14-12-16/h3-14,24,27H,2,15H2,1H3/t24-/m1/s1. The number of nitrogens with zero attached hydrogens (tertiary/aromatic N) is 1. The van der Waals surface area contributed by atoms with Gasteiger partial charge in [0.25, 0.3) is 5.91 Å². The van der Waals surface area contributed by atoms with Gasteiger partial charge in [-0.3, -0.25) is 4.79 Å². The van der Waals surface area contributed by atoms with Gasteiger partial charge in [0.2, 0.25) is 0 Å². The Hall–Kier alpha value is -2.85. The van der Waals surface area contributed by atoms with Gasteiger partial charge < -0.3 is 9.88 Å². The molecule has 0 saturated heterocycles. The van der Waals surface area contributed by atoms with E-state index in [2.05, 4.69) is 76.4 Å². The van der Waals surface area contributed by atoms with Crippen LogP contribution in [0.5, 0.6) is 0 Å². The number of carbonyl (C=O) groups is 1. The molecule has 0 unspecified atom stereocenters. The number of para-hydroxylation sites is 1. The van der Waals surface area contributed by atoms with E-state index in [1.54, 1.807) is 0 Å². The fraction of sp³-hybridized carbons (Fsp3) is 0.160. The zero-order valence-electron chi connectivity index (χ0n) is 16.2. The second-order valence-electron chi connectivity index (χ2n) is 7.45. The zero-order valence-corrected chi connectivity index (χ0v) is 17.7. The number of rotatable bonds is 4. The highest BCUT2D eigenvalue weighted by Gasteiger charge is 2.39. The fourth-order valence-corrected chi connectivity index (χ4v) is 4.71. The first-order valence-electron chi connectivity index (χ1n) is 9.95. The lowest BCUT2D eigenvalue weighted by atomic mass is 9.93. The normalized spacial score (nSPS) is 15.9. The lowest BCUT2D eigenvalue weighted by Crippen LogP contribution is -2.29. The number of aromatic nitrogens is 1. The second kappa shape index (κ2) is 7.20. The van der Waals surface area contributed by atoms with Crippen molar-refractivity contribution in [2.75, 3.05) is 6.54 Å². The van der Waals surface area contributed by atoms with Gasteiger partial charge in [0.15, 0.2) is 0 Å². The maximum atomic E-state index is 13.2. The molecule has 1 N–H and O–H groups in total. The number of H-pyrrole nitrogens is 1. The summed E-state index contributed by atoms with van der Waals surface area (Å²) in [5, 5.41) is 1.17. The number of carbonyl (C=O) groups excluding carboxylic acids is 1. The predicted octanol–water partition coefficient (Wildman–Crippen LogP) is 6.55. The molecule has 0 radical (unpaired) electrons. The van der Waals surface area contributed by atoms with Crippen molar-refractivity contribution in [1.29, 1.82) is 0 Å². The van der Waals surface area contributed by atoms with Gasteiger partial charge in [-0.05, 0) is 41.8 Å². The van der Waals surface area contributed by atoms with Crippen LogP contribution in [-0.4, -0.2) is 22.3 Å². The highest BCUT2D eigenvalue weighted by Crippen LogP contribution is 2.45. The average molecular weight is 445 g/mol. The molecular formula is C25H21BrN2O. The van der Waals surface area contributed by atoms with E-state index in [4.69, 9.17) is 0 Å². The van der Waals surface area contributed by atoms with Crippen molar-refractivity contribution in [3.63, 3.8) is 0 Å². The Bertz CT molecular complexity index is 1210.